The van der Waals surface area contributed by atoms with E-state index in [0.29, 0.717) is 19.7 Å². The van der Waals surface area contributed by atoms with E-state index in [0.717, 1.165) is 49.9 Å². The molecule has 146 valence electrons. The molecule has 2 amide bonds. The number of benzene rings is 1. The Hall–Kier alpha value is -2.51. The summed E-state index contributed by atoms with van der Waals surface area (Å²) < 4.78 is 16.5. The van der Waals surface area contributed by atoms with Gasteiger partial charge in [-0.2, -0.15) is 0 Å². The van der Waals surface area contributed by atoms with Crippen molar-refractivity contribution in [3.8, 4) is 5.75 Å². The Kier molecular flexibility index (Phi) is 7.12. The normalized spacial score (nSPS) is 14.7. The molecule has 1 aromatic carbocycles. The minimum atomic E-state index is -0.148. The van der Waals surface area contributed by atoms with E-state index >= 15 is 0 Å². The molecule has 1 saturated heterocycles. The van der Waals surface area contributed by atoms with Crippen LogP contribution in [0.5, 0.6) is 5.75 Å². The lowest BCUT2D eigenvalue weighted by atomic mass is 10.2. The number of hydrogen-bond donors (Lipinski definition) is 1. The predicted molar refractivity (Wildman–Crippen MR) is 102 cm³/mol. The standard InChI is InChI=1S/C20H27N3O4/c1-22(16-19-6-3-10-26-19)20(24)21-15-17-4-2-5-18(14-17)27-13-9-23-7-11-25-12-8-23/h2-6,10,14H,7-9,11-13,15-16H2,1H3,(H,21,24). The third kappa shape index (κ3) is 6.30. The van der Waals surface area contributed by atoms with Crippen molar-refractivity contribution in [1.82, 2.24) is 15.1 Å². The fraction of sp³-hybridized carbons (Fsp3) is 0.450. The number of carbonyl (C=O) groups is 1. The van der Waals surface area contributed by atoms with E-state index in [1.807, 2.05) is 36.4 Å². The molecule has 0 bridgehead atoms. The maximum absolute atomic E-state index is 12.2. The highest BCUT2D eigenvalue weighted by atomic mass is 16.5. The van der Waals surface area contributed by atoms with Crippen molar-refractivity contribution in [2.75, 3.05) is 46.5 Å². The Bertz CT molecular complexity index is 699. The van der Waals surface area contributed by atoms with Crippen molar-refractivity contribution in [1.29, 1.82) is 0 Å². The van der Waals surface area contributed by atoms with Crippen LogP contribution in [0.1, 0.15) is 11.3 Å². The number of hydrogen-bond acceptors (Lipinski definition) is 5. The Morgan fingerprint density at radius 1 is 1.26 bits per heavy atom. The van der Waals surface area contributed by atoms with Gasteiger partial charge in [-0.25, -0.2) is 4.79 Å². The van der Waals surface area contributed by atoms with Gasteiger partial charge in [-0.3, -0.25) is 4.90 Å². The Labute approximate surface area is 159 Å². The van der Waals surface area contributed by atoms with Gasteiger partial charge in [0.15, 0.2) is 0 Å². The van der Waals surface area contributed by atoms with Crippen LogP contribution in [0.4, 0.5) is 4.79 Å². The van der Waals surface area contributed by atoms with Crippen LogP contribution in [-0.2, 0) is 17.8 Å². The van der Waals surface area contributed by atoms with Crippen LogP contribution in [0.2, 0.25) is 0 Å². The first-order valence-corrected chi connectivity index (χ1v) is 9.24. The minimum Gasteiger partial charge on any atom is -0.492 e. The monoisotopic (exact) mass is 373 g/mol. The first kappa shape index (κ1) is 19.3. The lowest BCUT2D eigenvalue weighted by molar-refractivity contribution is 0.0322. The van der Waals surface area contributed by atoms with Crippen molar-refractivity contribution in [3.05, 3.63) is 54.0 Å². The molecule has 7 nitrogen and oxygen atoms in total. The molecular weight excluding hydrogens is 346 g/mol. The highest BCUT2D eigenvalue weighted by Gasteiger charge is 2.11. The van der Waals surface area contributed by atoms with Crippen molar-refractivity contribution in [3.63, 3.8) is 0 Å². The van der Waals surface area contributed by atoms with Crippen molar-refractivity contribution < 1.29 is 18.7 Å². The molecule has 0 unspecified atom stereocenters. The summed E-state index contributed by atoms with van der Waals surface area (Å²) >= 11 is 0. The fourth-order valence-corrected chi connectivity index (χ4v) is 2.88. The molecule has 1 aromatic heterocycles. The van der Waals surface area contributed by atoms with Crippen LogP contribution < -0.4 is 10.1 Å². The van der Waals surface area contributed by atoms with E-state index in [9.17, 15) is 4.79 Å². The molecule has 1 aliphatic rings. The highest BCUT2D eigenvalue weighted by Crippen LogP contribution is 2.13. The molecule has 1 N–H and O–H groups in total. The molecule has 7 heteroatoms. The van der Waals surface area contributed by atoms with Gasteiger partial charge in [0, 0.05) is 33.2 Å². The van der Waals surface area contributed by atoms with E-state index in [1.165, 1.54) is 0 Å². The largest absolute Gasteiger partial charge is 0.492 e. The summed E-state index contributed by atoms with van der Waals surface area (Å²) in [6, 6.07) is 11.3. The van der Waals surface area contributed by atoms with Crippen molar-refractivity contribution in [2.45, 2.75) is 13.1 Å². The Balaban J connectivity index is 1.40. The second-order valence-electron chi connectivity index (χ2n) is 6.54. The molecule has 1 aliphatic heterocycles. The van der Waals surface area contributed by atoms with Crippen molar-refractivity contribution >= 4 is 6.03 Å². The summed E-state index contributed by atoms with van der Waals surface area (Å²) in [5.74, 6) is 1.57. The molecule has 2 aromatic rings. The topological polar surface area (TPSA) is 67.2 Å². The molecule has 0 spiro atoms. The molecule has 1 fully saturated rings. The first-order chi connectivity index (χ1) is 13.2. The third-order valence-corrected chi connectivity index (χ3v) is 4.44. The number of nitrogens with zero attached hydrogens (tertiary/aromatic N) is 2. The van der Waals surface area contributed by atoms with E-state index in [1.54, 1.807) is 18.2 Å². The van der Waals surface area contributed by atoms with Crippen LogP contribution in [-0.4, -0.2) is 62.3 Å². The SMILES string of the molecule is CN(Cc1ccco1)C(=O)NCc1cccc(OCCN2CCOCC2)c1. The lowest BCUT2D eigenvalue weighted by Crippen LogP contribution is -2.38. The quantitative estimate of drug-likeness (QED) is 0.769. The maximum Gasteiger partial charge on any atom is 0.317 e. The van der Waals surface area contributed by atoms with Gasteiger partial charge >= 0.3 is 6.03 Å². The number of carbonyl (C=O) groups excluding carboxylic acids is 1. The summed E-state index contributed by atoms with van der Waals surface area (Å²) in [5, 5.41) is 2.91. The molecule has 0 radical (unpaired) electrons. The van der Waals surface area contributed by atoms with Crippen LogP contribution in [0, 0.1) is 0 Å². The number of amides is 2. The van der Waals surface area contributed by atoms with Gasteiger partial charge in [0.2, 0.25) is 0 Å². The second kappa shape index (κ2) is 9.99. The van der Waals surface area contributed by atoms with Crippen LogP contribution in [0.25, 0.3) is 0 Å². The Morgan fingerprint density at radius 3 is 2.89 bits per heavy atom. The Morgan fingerprint density at radius 2 is 2.11 bits per heavy atom. The number of rotatable bonds is 8. The highest BCUT2D eigenvalue weighted by molar-refractivity contribution is 5.73. The molecule has 3 rings (SSSR count). The van der Waals surface area contributed by atoms with Gasteiger partial charge in [0.1, 0.15) is 18.1 Å². The van der Waals surface area contributed by atoms with Gasteiger partial charge in [-0.15, -0.1) is 0 Å². The smallest absolute Gasteiger partial charge is 0.317 e. The number of nitrogens with one attached hydrogen (secondary N) is 1. The zero-order chi connectivity index (χ0) is 18.9. The van der Waals surface area contributed by atoms with Crippen LogP contribution in [0.3, 0.4) is 0 Å². The zero-order valence-corrected chi connectivity index (χ0v) is 15.7. The van der Waals surface area contributed by atoms with E-state index in [4.69, 9.17) is 13.9 Å². The van der Waals surface area contributed by atoms with E-state index in [-0.39, 0.29) is 6.03 Å². The molecule has 27 heavy (non-hydrogen) atoms. The molecular formula is C20H27N3O4. The number of urea groups is 1. The van der Waals surface area contributed by atoms with E-state index < -0.39 is 0 Å². The average molecular weight is 373 g/mol. The number of furan rings is 1. The number of morpholine rings is 1. The molecule has 0 saturated carbocycles. The van der Waals surface area contributed by atoms with Gasteiger partial charge in [-0.05, 0) is 29.8 Å². The second-order valence-corrected chi connectivity index (χ2v) is 6.54. The van der Waals surface area contributed by atoms with Gasteiger partial charge in [-0.1, -0.05) is 12.1 Å². The van der Waals surface area contributed by atoms with Gasteiger partial charge in [0.05, 0.1) is 26.0 Å². The number of ether oxygens (including phenoxy) is 2. The lowest BCUT2D eigenvalue weighted by Gasteiger charge is -2.26. The zero-order valence-electron chi connectivity index (χ0n) is 15.7. The summed E-state index contributed by atoms with van der Waals surface area (Å²) in [6.45, 7) is 5.92. The van der Waals surface area contributed by atoms with Crippen LogP contribution >= 0.6 is 0 Å². The summed E-state index contributed by atoms with van der Waals surface area (Å²) in [6.07, 6.45) is 1.60. The summed E-state index contributed by atoms with van der Waals surface area (Å²) in [7, 11) is 1.74. The first-order valence-electron chi connectivity index (χ1n) is 9.24. The molecule has 0 aliphatic carbocycles. The van der Waals surface area contributed by atoms with Crippen LogP contribution in [0.15, 0.2) is 47.1 Å². The van der Waals surface area contributed by atoms with Gasteiger partial charge in [0.25, 0.3) is 0 Å². The van der Waals surface area contributed by atoms with Gasteiger partial charge < -0.3 is 24.1 Å². The molecule has 0 atom stereocenters. The minimum absolute atomic E-state index is 0.148. The maximum atomic E-state index is 12.2. The third-order valence-electron chi connectivity index (χ3n) is 4.44. The fourth-order valence-electron chi connectivity index (χ4n) is 2.88. The summed E-state index contributed by atoms with van der Waals surface area (Å²) in [5.41, 5.74) is 0.999. The van der Waals surface area contributed by atoms with Crippen molar-refractivity contribution in [2.24, 2.45) is 0 Å². The van der Waals surface area contributed by atoms with E-state index in [2.05, 4.69) is 10.2 Å². The molecule has 2 heterocycles. The predicted octanol–water partition coefficient (Wildman–Crippen LogP) is 2.33. The summed E-state index contributed by atoms with van der Waals surface area (Å²) in [4.78, 5) is 16.1. The average Bonchev–Trinajstić information content (AvgIpc) is 3.20.